The largest absolute Gasteiger partial charge is 0.245 e. The lowest BCUT2D eigenvalue weighted by atomic mass is 9.98. The molecule has 0 aliphatic carbocycles. The maximum Gasteiger partial charge on any atom is 0.184 e. The van der Waals surface area contributed by atoms with Gasteiger partial charge >= 0.3 is 0 Å². The Kier molecular flexibility index (Phi) is 6.04. The highest BCUT2D eigenvalue weighted by Gasteiger charge is 2.12. The molecule has 0 radical (unpaired) electrons. The van der Waals surface area contributed by atoms with Crippen molar-refractivity contribution in [2.45, 2.75) is 33.2 Å². The summed E-state index contributed by atoms with van der Waals surface area (Å²) in [6, 6.07) is 16.5. The number of H-pyrrole nitrogens is 1. The maximum absolute atomic E-state index is 5.03. The minimum Gasteiger partial charge on any atom is -0.245 e. The molecule has 0 aliphatic heterocycles. The minimum absolute atomic E-state index is 0.606. The summed E-state index contributed by atoms with van der Waals surface area (Å²) in [7, 11) is 0. The average Bonchev–Trinajstić information content (AvgIpc) is 3.43. The zero-order valence-electron chi connectivity index (χ0n) is 17.0. The molecule has 152 valence electrons. The maximum atomic E-state index is 5.03. The third kappa shape index (κ3) is 4.49. The van der Waals surface area contributed by atoms with Crippen molar-refractivity contribution in [3.8, 4) is 22.5 Å². The second-order valence-electron chi connectivity index (χ2n) is 7.59. The first-order valence-electron chi connectivity index (χ1n) is 9.95. The third-order valence-electron chi connectivity index (χ3n) is 4.94. The van der Waals surface area contributed by atoms with Gasteiger partial charge in [-0.2, -0.15) is 5.10 Å². The number of aryl methyl sites for hydroxylation is 1. The molecular formula is C22H23N7S. The van der Waals surface area contributed by atoms with Crippen LogP contribution in [0.25, 0.3) is 22.5 Å². The Hall–Kier alpha value is -3.26. The van der Waals surface area contributed by atoms with E-state index in [4.69, 9.17) is 12.2 Å². The van der Waals surface area contributed by atoms with Gasteiger partial charge in [-0.3, -0.25) is 0 Å². The SMILES string of the molecule is CC(C)CCc1nc(C=S)nn1Cc1ccc(-c2ccccc2-c2nnn[nH]2)cc1. The van der Waals surface area contributed by atoms with Crippen LogP contribution in [0.4, 0.5) is 0 Å². The van der Waals surface area contributed by atoms with Crippen LogP contribution in [0.1, 0.15) is 37.5 Å². The fourth-order valence-corrected chi connectivity index (χ4v) is 3.45. The van der Waals surface area contributed by atoms with Crippen LogP contribution in [0.2, 0.25) is 0 Å². The number of aromatic amines is 1. The van der Waals surface area contributed by atoms with Gasteiger partial charge in [-0.15, -0.1) is 5.10 Å². The molecule has 0 bridgehead atoms. The van der Waals surface area contributed by atoms with Crippen molar-refractivity contribution in [3.63, 3.8) is 0 Å². The molecule has 0 aliphatic rings. The molecular weight excluding hydrogens is 394 g/mol. The van der Waals surface area contributed by atoms with Crippen LogP contribution >= 0.6 is 12.2 Å². The lowest BCUT2D eigenvalue weighted by Crippen LogP contribution is -2.08. The Morgan fingerprint density at radius 1 is 1.07 bits per heavy atom. The second-order valence-corrected chi connectivity index (χ2v) is 7.82. The van der Waals surface area contributed by atoms with Crippen molar-refractivity contribution in [2.24, 2.45) is 5.92 Å². The predicted octanol–water partition coefficient (Wildman–Crippen LogP) is 4.11. The summed E-state index contributed by atoms with van der Waals surface area (Å²) in [4.78, 5) is 4.57. The summed E-state index contributed by atoms with van der Waals surface area (Å²) in [6.45, 7) is 5.09. The Morgan fingerprint density at radius 2 is 1.83 bits per heavy atom. The van der Waals surface area contributed by atoms with Gasteiger partial charge in [0, 0.05) is 17.4 Å². The summed E-state index contributed by atoms with van der Waals surface area (Å²) in [5.74, 6) is 2.85. The first-order valence-corrected chi connectivity index (χ1v) is 10.4. The highest BCUT2D eigenvalue weighted by molar-refractivity contribution is 7.79. The van der Waals surface area contributed by atoms with Gasteiger partial charge in [-0.25, -0.2) is 14.8 Å². The van der Waals surface area contributed by atoms with Crippen LogP contribution in [0.5, 0.6) is 0 Å². The lowest BCUT2D eigenvalue weighted by Gasteiger charge is -2.10. The Labute approximate surface area is 180 Å². The van der Waals surface area contributed by atoms with Crippen LogP contribution in [-0.2, 0) is 13.0 Å². The Morgan fingerprint density at radius 3 is 2.50 bits per heavy atom. The van der Waals surface area contributed by atoms with Gasteiger partial charge in [-0.1, -0.05) is 74.6 Å². The molecule has 30 heavy (non-hydrogen) atoms. The number of hydrogen-bond acceptors (Lipinski definition) is 6. The highest BCUT2D eigenvalue weighted by Crippen LogP contribution is 2.29. The van der Waals surface area contributed by atoms with Gasteiger partial charge in [0.2, 0.25) is 0 Å². The number of rotatable bonds is 8. The molecule has 7 nitrogen and oxygen atoms in total. The van der Waals surface area contributed by atoms with Gasteiger partial charge in [0.05, 0.1) is 6.54 Å². The number of tetrazole rings is 1. The first-order chi connectivity index (χ1) is 14.6. The van der Waals surface area contributed by atoms with Crippen molar-refractivity contribution >= 4 is 17.6 Å². The summed E-state index contributed by atoms with van der Waals surface area (Å²) >= 11 is 5.03. The van der Waals surface area contributed by atoms with E-state index >= 15 is 0 Å². The van der Waals surface area contributed by atoms with Gasteiger partial charge in [0.25, 0.3) is 0 Å². The molecule has 0 saturated heterocycles. The number of hydrogen-bond donors (Lipinski definition) is 1. The average molecular weight is 418 g/mol. The van der Waals surface area contributed by atoms with E-state index in [0.29, 0.717) is 24.1 Å². The monoisotopic (exact) mass is 417 g/mol. The topological polar surface area (TPSA) is 85.2 Å². The first kappa shape index (κ1) is 20.0. The second kappa shape index (κ2) is 9.04. The van der Waals surface area contributed by atoms with Crippen molar-refractivity contribution < 1.29 is 0 Å². The zero-order valence-corrected chi connectivity index (χ0v) is 17.8. The molecule has 4 rings (SSSR count). The lowest BCUT2D eigenvalue weighted by molar-refractivity contribution is 0.547. The number of nitrogens with zero attached hydrogens (tertiary/aromatic N) is 6. The molecule has 0 amide bonds. The fourth-order valence-electron chi connectivity index (χ4n) is 3.35. The summed E-state index contributed by atoms with van der Waals surface area (Å²) in [5, 5.41) is 20.4. The highest BCUT2D eigenvalue weighted by atomic mass is 32.1. The molecule has 0 fully saturated rings. The van der Waals surface area contributed by atoms with E-state index < -0.39 is 0 Å². The Bertz CT molecular complexity index is 1110. The molecule has 1 N–H and O–H groups in total. The van der Waals surface area contributed by atoms with Crippen LogP contribution < -0.4 is 0 Å². The number of aromatic nitrogens is 7. The molecule has 8 heteroatoms. The minimum atomic E-state index is 0.606. The molecule has 2 heterocycles. The summed E-state index contributed by atoms with van der Waals surface area (Å²) < 4.78 is 1.96. The van der Waals surface area contributed by atoms with Crippen molar-refractivity contribution in [2.75, 3.05) is 0 Å². The summed E-state index contributed by atoms with van der Waals surface area (Å²) in [5.41, 5.74) is 4.30. The van der Waals surface area contributed by atoms with E-state index in [2.05, 4.69) is 74.9 Å². The van der Waals surface area contributed by atoms with Crippen molar-refractivity contribution in [1.82, 2.24) is 35.4 Å². The Balaban J connectivity index is 1.57. The van der Waals surface area contributed by atoms with E-state index in [-0.39, 0.29) is 0 Å². The van der Waals surface area contributed by atoms with Gasteiger partial charge in [0.1, 0.15) is 5.82 Å². The van der Waals surface area contributed by atoms with Crippen LogP contribution in [0, 0.1) is 5.92 Å². The molecule has 0 saturated carbocycles. The molecule has 2 aromatic carbocycles. The van der Waals surface area contributed by atoms with Crippen molar-refractivity contribution in [3.05, 3.63) is 65.7 Å². The molecule has 0 unspecified atom stereocenters. The third-order valence-corrected chi connectivity index (χ3v) is 5.15. The predicted molar refractivity (Wildman–Crippen MR) is 120 cm³/mol. The van der Waals surface area contributed by atoms with E-state index in [1.54, 1.807) is 0 Å². The quantitative estimate of drug-likeness (QED) is 0.434. The van der Waals surface area contributed by atoms with E-state index in [1.165, 1.54) is 5.37 Å². The molecule has 4 aromatic rings. The smallest absolute Gasteiger partial charge is 0.184 e. The number of benzene rings is 2. The van der Waals surface area contributed by atoms with Gasteiger partial charge in [-0.05, 0) is 39.5 Å². The van der Waals surface area contributed by atoms with E-state index in [0.717, 1.165) is 40.9 Å². The normalized spacial score (nSPS) is 11.2. The van der Waals surface area contributed by atoms with Crippen LogP contribution in [0.15, 0.2) is 48.5 Å². The fraction of sp³-hybridized carbons (Fsp3) is 0.273. The number of thiocarbonyl (C=S) groups is 1. The van der Waals surface area contributed by atoms with E-state index in [1.807, 2.05) is 22.9 Å². The van der Waals surface area contributed by atoms with Gasteiger partial charge in [0.15, 0.2) is 11.6 Å². The van der Waals surface area contributed by atoms with Crippen LogP contribution in [0.3, 0.4) is 0 Å². The van der Waals surface area contributed by atoms with E-state index in [9.17, 15) is 0 Å². The summed E-state index contributed by atoms with van der Waals surface area (Å²) in [6.07, 6.45) is 1.96. The zero-order chi connectivity index (χ0) is 20.9. The molecule has 2 aromatic heterocycles. The van der Waals surface area contributed by atoms with Crippen LogP contribution in [-0.4, -0.2) is 40.8 Å². The standard InChI is InChI=1S/C22H23N7S/c1-15(2)7-12-21-23-20(14-30)26-29(21)13-16-8-10-17(11-9-16)18-5-3-4-6-19(18)22-24-27-28-25-22/h3-6,8-11,14-15H,7,12-13H2,1-2H3,(H,24,25,27,28). The number of nitrogens with one attached hydrogen (secondary N) is 1. The van der Waals surface area contributed by atoms with Gasteiger partial charge < -0.3 is 0 Å². The van der Waals surface area contributed by atoms with Crippen molar-refractivity contribution in [1.29, 1.82) is 0 Å². The molecule has 0 atom stereocenters. The molecule has 0 spiro atoms.